The second kappa shape index (κ2) is 6.62. The number of alkyl halides is 3. The maximum absolute atomic E-state index is 12.9. The summed E-state index contributed by atoms with van der Waals surface area (Å²) in [4.78, 5) is 0. The number of benzene rings is 1. The Morgan fingerprint density at radius 2 is 1.73 bits per heavy atom. The first-order valence-corrected chi connectivity index (χ1v) is 10.3. The van der Waals surface area contributed by atoms with Crippen molar-refractivity contribution in [3.05, 3.63) is 29.3 Å². The predicted molar refractivity (Wildman–Crippen MR) is 87.8 cm³/mol. The van der Waals surface area contributed by atoms with Crippen molar-refractivity contribution in [1.29, 1.82) is 0 Å². The highest BCUT2D eigenvalue weighted by molar-refractivity contribution is 6.74. The topological polar surface area (TPSA) is 21.3 Å². The lowest BCUT2D eigenvalue weighted by Crippen LogP contribution is -2.41. The molecule has 1 rings (SSSR count). The van der Waals surface area contributed by atoms with E-state index in [1.807, 2.05) is 0 Å². The molecule has 0 amide bonds. The van der Waals surface area contributed by atoms with Crippen LogP contribution in [0.2, 0.25) is 18.1 Å². The number of nitrogens with one attached hydrogen (secondary N) is 1. The zero-order valence-corrected chi connectivity index (χ0v) is 15.2. The normalized spacial score (nSPS) is 13.3. The Morgan fingerprint density at radius 1 is 1.14 bits per heavy atom. The Labute approximate surface area is 132 Å². The largest absolute Gasteiger partial charge is 0.416 e. The fraction of sp³-hybridized carbons (Fsp3) is 0.625. The molecule has 0 unspecified atom stereocenters. The minimum Gasteiger partial charge on any atom is -0.415 e. The third kappa shape index (κ3) is 4.74. The second-order valence-corrected chi connectivity index (χ2v) is 11.8. The van der Waals surface area contributed by atoms with Gasteiger partial charge in [-0.25, -0.2) is 0 Å². The lowest BCUT2D eigenvalue weighted by Gasteiger charge is -2.36. The van der Waals surface area contributed by atoms with Gasteiger partial charge in [-0.1, -0.05) is 26.8 Å². The Bertz CT molecular complexity index is 507. The molecule has 1 N–H and O–H groups in total. The Morgan fingerprint density at radius 3 is 2.23 bits per heavy atom. The van der Waals surface area contributed by atoms with Crippen LogP contribution in [-0.2, 0) is 10.6 Å². The molecule has 6 heteroatoms. The van der Waals surface area contributed by atoms with Gasteiger partial charge in [-0.3, -0.25) is 0 Å². The minimum absolute atomic E-state index is 0.124. The average Bonchev–Trinajstić information content (AvgIpc) is 2.33. The summed E-state index contributed by atoms with van der Waals surface area (Å²) < 4.78 is 44.6. The lowest BCUT2D eigenvalue weighted by atomic mass is 10.1. The van der Waals surface area contributed by atoms with Crippen molar-refractivity contribution in [3.8, 4) is 0 Å². The van der Waals surface area contributed by atoms with Crippen LogP contribution in [0.1, 0.15) is 31.9 Å². The molecular weight excluding hydrogens is 307 g/mol. The number of hydrogen-bond acceptors (Lipinski definition) is 2. The van der Waals surface area contributed by atoms with Crippen LogP contribution in [0.4, 0.5) is 18.9 Å². The van der Waals surface area contributed by atoms with Gasteiger partial charge in [-0.15, -0.1) is 0 Å². The molecule has 0 aromatic heterocycles. The third-order valence-electron chi connectivity index (χ3n) is 4.33. The predicted octanol–water partition coefficient (Wildman–Crippen LogP) is 5.45. The molecule has 0 fully saturated rings. The van der Waals surface area contributed by atoms with Crippen LogP contribution < -0.4 is 5.32 Å². The molecule has 0 atom stereocenters. The minimum atomic E-state index is -4.32. The van der Waals surface area contributed by atoms with Gasteiger partial charge in [0.05, 0.1) is 12.2 Å². The fourth-order valence-electron chi connectivity index (χ4n) is 1.84. The number of halogens is 3. The fourth-order valence-corrected chi connectivity index (χ4v) is 2.89. The van der Waals surface area contributed by atoms with E-state index in [9.17, 15) is 13.2 Å². The Balaban J connectivity index is 2.64. The molecule has 1 aromatic rings. The summed E-state index contributed by atoms with van der Waals surface area (Å²) in [5, 5.41) is 3.17. The van der Waals surface area contributed by atoms with E-state index in [0.29, 0.717) is 18.8 Å². The molecule has 1 aromatic carbocycles. The summed E-state index contributed by atoms with van der Waals surface area (Å²) in [6.07, 6.45) is -4.32. The number of hydrogen-bond donors (Lipinski definition) is 1. The van der Waals surface area contributed by atoms with Gasteiger partial charge in [0.2, 0.25) is 0 Å². The SMILES string of the molecule is Cc1c(NCCO[Si](C)(C)C(C)(C)C)cccc1C(F)(F)F. The molecule has 0 aliphatic carbocycles. The van der Waals surface area contributed by atoms with E-state index < -0.39 is 20.1 Å². The van der Waals surface area contributed by atoms with Gasteiger partial charge in [0.15, 0.2) is 8.32 Å². The molecule has 0 saturated heterocycles. The highest BCUT2D eigenvalue weighted by Crippen LogP contribution is 2.36. The van der Waals surface area contributed by atoms with E-state index >= 15 is 0 Å². The average molecular weight is 333 g/mol. The van der Waals surface area contributed by atoms with Gasteiger partial charge in [0.25, 0.3) is 0 Å². The smallest absolute Gasteiger partial charge is 0.415 e. The molecule has 0 saturated carbocycles. The van der Waals surface area contributed by atoms with Gasteiger partial charge in [0.1, 0.15) is 0 Å². The summed E-state index contributed by atoms with van der Waals surface area (Å²) >= 11 is 0. The van der Waals surface area contributed by atoms with Crippen LogP contribution in [0.3, 0.4) is 0 Å². The Kier molecular flexibility index (Phi) is 5.73. The van der Waals surface area contributed by atoms with E-state index in [1.165, 1.54) is 13.0 Å². The summed E-state index contributed by atoms with van der Waals surface area (Å²) in [6.45, 7) is 13.3. The number of anilines is 1. The molecule has 0 heterocycles. The standard InChI is InChI=1S/C16H26F3NOSi/c1-12-13(16(17,18)19)8-7-9-14(12)20-10-11-21-22(5,6)15(2,3)4/h7-9,20H,10-11H2,1-6H3. The maximum Gasteiger partial charge on any atom is 0.416 e. The molecule has 2 nitrogen and oxygen atoms in total. The van der Waals surface area contributed by atoms with Gasteiger partial charge in [-0.05, 0) is 42.8 Å². The van der Waals surface area contributed by atoms with Crippen molar-refractivity contribution >= 4 is 14.0 Å². The molecular formula is C16H26F3NOSi. The quantitative estimate of drug-likeness (QED) is 0.571. The van der Waals surface area contributed by atoms with E-state index in [-0.39, 0.29) is 10.6 Å². The second-order valence-electron chi connectivity index (χ2n) is 7.01. The van der Waals surface area contributed by atoms with Gasteiger partial charge in [-0.2, -0.15) is 13.2 Å². The Hall–Kier alpha value is -1.01. The van der Waals surface area contributed by atoms with Gasteiger partial charge >= 0.3 is 6.18 Å². The van der Waals surface area contributed by atoms with Gasteiger partial charge in [0, 0.05) is 12.2 Å². The van der Waals surface area contributed by atoms with E-state index in [4.69, 9.17) is 4.43 Å². The van der Waals surface area contributed by atoms with Crippen molar-refractivity contribution in [3.63, 3.8) is 0 Å². The summed E-state index contributed by atoms with van der Waals surface area (Å²) in [7, 11) is -1.82. The van der Waals surface area contributed by atoms with Crippen LogP contribution in [0.15, 0.2) is 18.2 Å². The molecule has 22 heavy (non-hydrogen) atoms. The van der Waals surface area contributed by atoms with Crippen molar-refractivity contribution in [2.24, 2.45) is 0 Å². The van der Waals surface area contributed by atoms with Gasteiger partial charge < -0.3 is 9.74 Å². The first kappa shape index (κ1) is 19.0. The zero-order valence-electron chi connectivity index (χ0n) is 14.2. The summed E-state index contributed by atoms with van der Waals surface area (Å²) in [5.41, 5.74) is 0.138. The van der Waals surface area contributed by atoms with E-state index in [2.05, 4.69) is 39.2 Å². The van der Waals surface area contributed by atoms with Crippen molar-refractivity contribution in [2.45, 2.75) is 52.0 Å². The van der Waals surface area contributed by atoms with Crippen LogP contribution >= 0.6 is 0 Å². The van der Waals surface area contributed by atoms with Crippen LogP contribution in [-0.4, -0.2) is 21.5 Å². The monoisotopic (exact) mass is 333 g/mol. The van der Waals surface area contributed by atoms with Crippen molar-refractivity contribution < 1.29 is 17.6 Å². The first-order valence-electron chi connectivity index (χ1n) is 7.41. The van der Waals surface area contributed by atoms with E-state index in [1.54, 1.807) is 6.07 Å². The zero-order chi connectivity index (χ0) is 17.2. The summed E-state index contributed by atoms with van der Waals surface area (Å²) in [5.74, 6) is 0. The third-order valence-corrected chi connectivity index (χ3v) is 8.86. The molecule has 0 aliphatic heterocycles. The first-order chi connectivity index (χ1) is 9.86. The maximum atomic E-state index is 12.9. The molecule has 0 aliphatic rings. The lowest BCUT2D eigenvalue weighted by molar-refractivity contribution is -0.138. The molecule has 126 valence electrons. The number of rotatable bonds is 5. The van der Waals surface area contributed by atoms with Crippen molar-refractivity contribution in [2.75, 3.05) is 18.5 Å². The molecule has 0 bridgehead atoms. The summed E-state index contributed by atoms with van der Waals surface area (Å²) in [6, 6.07) is 4.19. The van der Waals surface area contributed by atoms with Crippen LogP contribution in [0.25, 0.3) is 0 Å². The molecule has 0 radical (unpaired) electrons. The molecule has 0 spiro atoms. The highest BCUT2D eigenvalue weighted by atomic mass is 28.4. The van der Waals surface area contributed by atoms with Crippen LogP contribution in [0.5, 0.6) is 0 Å². The highest BCUT2D eigenvalue weighted by Gasteiger charge is 2.37. The van der Waals surface area contributed by atoms with Crippen LogP contribution in [0, 0.1) is 6.92 Å². The van der Waals surface area contributed by atoms with Crippen molar-refractivity contribution in [1.82, 2.24) is 0 Å². The van der Waals surface area contributed by atoms with E-state index in [0.717, 1.165) is 6.07 Å².